The van der Waals surface area contributed by atoms with Gasteiger partial charge in [0.15, 0.2) is 31.5 Å². The monoisotopic (exact) mass is 1200 g/mol. The van der Waals surface area contributed by atoms with Gasteiger partial charge in [0, 0.05) is 78.8 Å². The molecule has 25 nitrogen and oxygen atoms in total. The molecule has 0 radical (unpaired) electrons. The number of carbonyl (C=O) groups is 3. The first-order valence-electron chi connectivity index (χ1n) is 30.0. The molecule has 25 heteroatoms. The Morgan fingerprint density at radius 1 is 0.583 bits per heavy atom. The fourth-order valence-electron chi connectivity index (χ4n) is 16.2. The first-order chi connectivity index (χ1) is 39.8. The van der Waals surface area contributed by atoms with Crippen molar-refractivity contribution in [3.8, 4) is 0 Å². The first-order valence-corrected chi connectivity index (χ1v) is 30.0. The molecule has 9 rings (SSSR count). The molecule has 0 amide bonds. The van der Waals surface area contributed by atoms with Gasteiger partial charge in [-0.2, -0.15) is 0 Å². The molecule has 8 fully saturated rings. The van der Waals surface area contributed by atoms with Crippen LogP contribution in [0.4, 0.5) is 0 Å². The molecule has 31 atom stereocenters. The van der Waals surface area contributed by atoms with E-state index in [0.717, 1.165) is 5.57 Å². The van der Waals surface area contributed by atoms with Gasteiger partial charge in [-0.05, 0) is 84.5 Å². The number of methoxy groups -OCH3 is 4. The summed E-state index contributed by atoms with van der Waals surface area (Å²) >= 11 is 0. The second-order valence-corrected chi connectivity index (χ2v) is 25.4. The summed E-state index contributed by atoms with van der Waals surface area (Å²) in [6.07, 6.45) is -16.5. The Labute approximate surface area is 491 Å². The lowest BCUT2D eigenvalue weighted by Gasteiger charge is -2.64. The van der Waals surface area contributed by atoms with Crippen LogP contribution in [0.2, 0.25) is 0 Å². The maximum Gasteiger partial charge on any atom is 0.303 e. The van der Waals surface area contributed by atoms with Gasteiger partial charge in [0.2, 0.25) is 0 Å². The van der Waals surface area contributed by atoms with Crippen LogP contribution in [0.25, 0.3) is 0 Å². The Morgan fingerprint density at radius 3 is 1.61 bits per heavy atom. The van der Waals surface area contributed by atoms with Crippen LogP contribution in [-0.2, 0) is 90.2 Å². The lowest BCUT2D eigenvalue weighted by molar-refractivity contribution is -0.374. The molecule has 24 unspecified atom stereocenters. The minimum atomic E-state index is -1.68. The lowest BCUT2D eigenvalue weighted by Crippen LogP contribution is -2.72. The smallest absolute Gasteiger partial charge is 0.303 e. The van der Waals surface area contributed by atoms with E-state index in [-0.39, 0.29) is 24.2 Å². The number of aliphatic hydroxyl groups is 6. The average Bonchev–Trinajstić information content (AvgIpc) is 1.37. The minimum Gasteiger partial charge on any atom is -0.458 e. The van der Waals surface area contributed by atoms with Crippen molar-refractivity contribution in [2.24, 2.45) is 28.6 Å². The molecule has 480 valence electrons. The van der Waals surface area contributed by atoms with E-state index in [1.807, 2.05) is 20.8 Å². The molecule has 5 aliphatic heterocycles. The van der Waals surface area contributed by atoms with Gasteiger partial charge < -0.3 is 106 Å². The molecule has 6 N–H and O–H groups in total. The summed E-state index contributed by atoms with van der Waals surface area (Å²) in [5.74, 6) is -2.56. The normalized spacial score (nSPS) is 50.5. The fraction of sp³-hybridized carbons (Fsp3) is 0.915. The molecule has 0 aromatic carbocycles. The molecular formula is C59H94O25. The zero-order valence-corrected chi connectivity index (χ0v) is 50.8. The molecule has 84 heavy (non-hydrogen) atoms. The van der Waals surface area contributed by atoms with Crippen LogP contribution in [0, 0.1) is 28.6 Å². The highest BCUT2D eigenvalue weighted by atomic mass is 16.8. The topological polar surface area (TPSA) is 320 Å². The van der Waals surface area contributed by atoms with Gasteiger partial charge in [-0.1, -0.05) is 25.5 Å². The summed E-state index contributed by atoms with van der Waals surface area (Å²) < 4.78 is 99.6. The van der Waals surface area contributed by atoms with E-state index in [1.165, 1.54) is 35.0 Å². The number of allylic oxidation sites excluding steroid dienone is 1. The Hall–Kier alpha value is -2.45. The number of rotatable bonds is 18. The van der Waals surface area contributed by atoms with E-state index in [4.69, 9.17) is 75.8 Å². The van der Waals surface area contributed by atoms with Crippen molar-refractivity contribution >= 4 is 17.7 Å². The SMILES string of the molecule is COC1CC(O[C@H]2CC[C@@]3(C)C(=CCC4C3[C@H](OC(C)=O)[C@@H](OC(C)=O)[C@]3(C)[C@@H](C(C)=O)CC[C@]43O)C2)OC(C)C1OC1CC(OC)C(OC2CC(OC)C(OC3OC(C)C(OC4OC(CO)C(O)C(O)C4O)C(OC)C3O)C(C)O2)C(C)O1. The maximum atomic E-state index is 13.2. The molecule has 0 spiro atoms. The zero-order valence-electron chi connectivity index (χ0n) is 50.8. The zero-order chi connectivity index (χ0) is 61.1. The summed E-state index contributed by atoms with van der Waals surface area (Å²) in [5.41, 5.74) is -1.98. The number of hydrogen-bond donors (Lipinski definition) is 6. The minimum absolute atomic E-state index is 0.0992. The van der Waals surface area contributed by atoms with Gasteiger partial charge in [0.1, 0.15) is 79.0 Å². The van der Waals surface area contributed by atoms with E-state index in [2.05, 4.69) is 13.0 Å². The Kier molecular flexibility index (Phi) is 20.9. The van der Waals surface area contributed by atoms with Crippen molar-refractivity contribution in [3.63, 3.8) is 0 Å². The summed E-state index contributed by atoms with van der Waals surface area (Å²) in [6.45, 7) is 14.7. The third-order valence-corrected chi connectivity index (χ3v) is 20.6. The highest BCUT2D eigenvalue weighted by Crippen LogP contribution is 2.69. The van der Waals surface area contributed by atoms with Crippen molar-refractivity contribution in [1.29, 1.82) is 0 Å². The number of Topliss-reactive ketones (excluding diaryl/α,β-unsaturated/α-hetero) is 1. The Balaban J connectivity index is 0.783. The summed E-state index contributed by atoms with van der Waals surface area (Å²) in [4.78, 5) is 39.0. The van der Waals surface area contributed by atoms with Crippen molar-refractivity contribution in [3.05, 3.63) is 11.6 Å². The van der Waals surface area contributed by atoms with Crippen molar-refractivity contribution < 1.29 is 121 Å². The molecule has 5 heterocycles. The van der Waals surface area contributed by atoms with Crippen LogP contribution >= 0.6 is 0 Å². The average molecular weight is 1200 g/mol. The van der Waals surface area contributed by atoms with Gasteiger partial charge in [0.05, 0.1) is 61.0 Å². The van der Waals surface area contributed by atoms with Crippen molar-refractivity contribution in [2.45, 2.75) is 279 Å². The van der Waals surface area contributed by atoms with Crippen molar-refractivity contribution in [2.75, 3.05) is 35.0 Å². The van der Waals surface area contributed by atoms with Gasteiger partial charge in [0.25, 0.3) is 0 Å². The summed E-state index contributed by atoms with van der Waals surface area (Å²) in [6, 6.07) is 0. The van der Waals surface area contributed by atoms with Gasteiger partial charge in [-0.25, -0.2) is 0 Å². The number of aliphatic hydroxyl groups excluding tert-OH is 5. The predicted molar refractivity (Wildman–Crippen MR) is 288 cm³/mol. The maximum absolute atomic E-state index is 13.2. The summed E-state index contributed by atoms with van der Waals surface area (Å²) in [5, 5.41) is 65.4. The molecule has 9 aliphatic rings. The highest BCUT2D eigenvalue weighted by Gasteiger charge is 2.75. The van der Waals surface area contributed by atoms with Crippen LogP contribution < -0.4 is 0 Å². The third kappa shape index (κ3) is 12.3. The molecule has 0 aromatic rings. The Morgan fingerprint density at radius 2 is 1.10 bits per heavy atom. The number of carbonyl (C=O) groups excluding carboxylic acids is 3. The standard InChI is InChI=1S/C59H94O25/c1-25(61)34-17-19-59(68)35-15-14-32-20-33(16-18-57(32,8)43(35)52(77-30(6)62)54(58(34,59)9)78-31(7)63)79-40-21-36(69-10)48(26(2)73-40)81-41-22-37(70-11)49(27(3)74-41)82-42-23-38(71-12)50(28(4)75-42)83-56-47(67)53(72-13)51(29(5)76-56)84-55-46(66)45(65)44(64)39(24-60)80-55/h14,26-29,33-56,60,64-68H,15-24H2,1-13H3/t26?,27?,28?,29?,33-,34+,35?,36?,37?,38?,39?,40?,41?,42?,43?,44?,45?,46?,47?,48?,49?,50?,51?,52-,53?,54+,55?,56?,57-,58-,59-/m0/s1. The fourth-order valence-corrected chi connectivity index (χ4v) is 16.2. The van der Waals surface area contributed by atoms with Crippen LogP contribution in [0.1, 0.15) is 120 Å². The van der Waals surface area contributed by atoms with Crippen LogP contribution in [-0.4, -0.2) is 243 Å². The second kappa shape index (κ2) is 26.6. The number of hydrogen-bond acceptors (Lipinski definition) is 25. The van der Waals surface area contributed by atoms with Crippen LogP contribution in [0.15, 0.2) is 11.6 Å². The molecular weight excluding hydrogens is 1110 g/mol. The molecule has 0 bridgehead atoms. The summed E-state index contributed by atoms with van der Waals surface area (Å²) in [7, 11) is 6.12. The highest BCUT2D eigenvalue weighted by molar-refractivity contribution is 5.80. The van der Waals surface area contributed by atoms with E-state index in [0.29, 0.717) is 51.4 Å². The van der Waals surface area contributed by atoms with E-state index >= 15 is 0 Å². The van der Waals surface area contributed by atoms with Crippen LogP contribution in [0.3, 0.4) is 0 Å². The predicted octanol–water partition coefficient (Wildman–Crippen LogP) is 1.65. The molecule has 5 saturated heterocycles. The largest absolute Gasteiger partial charge is 0.458 e. The van der Waals surface area contributed by atoms with Gasteiger partial charge in [-0.15, -0.1) is 0 Å². The first kappa shape index (κ1) is 66.0. The van der Waals surface area contributed by atoms with Gasteiger partial charge in [-0.3, -0.25) is 14.4 Å². The lowest BCUT2D eigenvalue weighted by atomic mass is 9.44. The number of esters is 2. The van der Waals surface area contributed by atoms with Gasteiger partial charge >= 0.3 is 11.9 Å². The number of fused-ring (bicyclic) bond motifs is 5. The third-order valence-electron chi connectivity index (χ3n) is 20.6. The second-order valence-electron chi connectivity index (χ2n) is 25.4. The number of ketones is 1. The van der Waals surface area contributed by atoms with E-state index < -0.39 is 194 Å². The Bertz CT molecular complexity index is 2290. The van der Waals surface area contributed by atoms with E-state index in [1.54, 1.807) is 28.1 Å². The molecule has 0 aromatic heterocycles. The quantitative estimate of drug-likeness (QED) is 0.0839. The van der Waals surface area contributed by atoms with Crippen LogP contribution in [0.5, 0.6) is 0 Å². The van der Waals surface area contributed by atoms with E-state index in [9.17, 15) is 45.0 Å². The number of ether oxygens (including phenoxy) is 16. The van der Waals surface area contributed by atoms with Crippen molar-refractivity contribution in [1.82, 2.24) is 0 Å². The molecule has 4 aliphatic carbocycles. The molecule has 3 saturated carbocycles.